The molecule has 0 aliphatic heterocycles. The zero-order valence-electron chi connectivity index (χ0n) is 10.0. The van der Waals surface area contributed by atoms with Gasteiger partial charge in [0.1, 0.15) is 0 Å². The number of rotatable bonds is 1. The minimum absolute atomic E-state index is 0. The number of allylic oxidation sites excluding steroid dienone is 2. The van der Waals surface area contributed by atoms with Crippen LogP contribution in [0.4, 0.5) is 13.2 Å². The summed E-state index contributed by atoms with van der Waals surface area (Å²) in [6.07, 6.45) is 0.629. The number of halogens is 3. The summed E-state index contributed by atoms with van der Waals surface area (Å²) in [5.74, 6) is 0. The summed E-state index contributed by atoms with van der Waals surface area (Å²) in [6, 6.07) is 5.46. The summed E-state index contributed by atoms with van der Waals surface area (Å²) in [7, 11) is 0. The first-order chi connectivity index (χ1) is 8.30. The Labute approximate surface area is 116 Å². The highest BCUT2D eigenvalue weighted by Crippen LogP contribution is 2.36. The maximum Gasteiger partial charge on any atom is 0.417 e. The first kappa shape index (κ1) is 15.8. The molecule has 104 valence electrons. The van der Waals surface area contributed by atoms with Crippen molar-refractivity contribution < 1.29 is 13.2 Å². The molecule has 0 heterocycles. The zero-order valence-corrected chi connectivity index (χ0v) is 11.0. The topological polar surface area (TPSA) is 52.0 Å². The highest BCUT2D eigenvalue weighted by atomic mass is 32.1. The molecule has 0 atom stereocenters. The smallest absolute Gasteiger partial charge is 0.310 e. The summed E-state index contributed by atoms with van der Waals surface area (Å²) in [6.45, 7) is 0. The van der Waals surface area contributed by atoms with Gasteiger partial charge in [0.15, 0.2) is 0 Å². The van der Waals surface area contributed by atoms with Gasteiger partial charge in [-0.25, -0.2) is 0 Å². The van der Waals surface area contributed by atoms with E-state index in [2.05, 4.69) is 0 Å². The van der Waals surface area contributed by atoms with Crippen molar-refractivity contribution in [3.63, 3.8) is 0 Å². The van der Waals surface area contributed by atoms with Gasteiger partial charge in [-0.05, 0) is 23.3 Å². The number of alkyl halides is 3. The molecular formula is C13H15F3N2S. The van der Waals surface area contributed by atoms with Crippen molar-refractivity contribution in [3.05, 3.63) is 53.6 Å². The third-order valence-electron chi connectivity index (χ3n) is 2.79. The molecule has 0 saturated carbocycles. The Morgan fingerprint density at radius 3 is 2.26 bits per heavy atom. The van der Waals surface area contributed by atoms with Crippen molar-refractivity contribution in [2.45, 2.75) is 18.3 Å². The Hall–Kier alpha value is -1.24. The third kappa shape index (κ3) is 3.62. The van der Waals surface area contributed by atoms with Crippen molar-refractivity contribution in [2.24, 2.45) is 11.5 Å². The molecule has 6 heteroatoms. The second kappa shape index (κ2) is 5.40. The Kier molecular flexibility index (Phi) is 4.50. The molecule has 1 aliphatic rings. The molecule has 0 fully saturated rings. The van der Waals surface area contributed by atoms with Gasteiger partial charge in [0.05, 0.1) is 11.2 Å². The van der Waals surface area contributed by atoms with Crippen molar-refractivity contribution in [1.82, 2.24) is 0 Å². The number of nitrogens with two attached hydrogens (primary N) is 2. The summed E-state index contributed by atoms with van der Waals surface area (Å²) in [5, 5.41) is 0. The molecule has 0 bridgehead atoms. The van der Waals surface area contributed by atoms with Gasteiger partial charge in [-0.1, -0.05) is 30.4 Å². The lowest BCUT2D eigenvalue weighted by Gasteiger charge is -2.23. The van der Waals surface area contributed by atoms with Gasteiger partial charge in [0.25, 0.3) is 0 Å². The van der Waals surface area contributed by atoms with Crippen molar-refractivity contribution >= 4 is 19.1 Å². The molecule has 4 N–H and O–H groups in total. The minimum atomic E-state index is -4.37. The molecule has 2 rings (SSSR count). The molecule has 0 amide bonds. The van der Waals surface area contributed by atoms with Crippen LogP contribution in [-0.2, 0) is 6.18 Å². The molecular weight excluding hydrogens is 273 g/mol. The predicted octanol–water partition coefficient (Wildman–Crippen LogP) is 2.78. The van der Waals surface area contributed by atoms with Gasteiger partial charge in [-0.2, -0.15) is 26.7 Å². The average molecular weight is 288 g/mol. The van der Waals surface area contributed by atoms with Gasteiger partial charge in [0, 0.05) is 6.42 Å². The normalized spacial score (nSPS) is 17.6. The van der Waals surface area contributed by atoms with E-state index in [0.717, 1.165) is 6.07 Å². The fourth-order valence-corrected chi connectivity index (χ4v) is 1.85. The standard InChI is InChI=1S/C13H13F3N2.H2S/c14-13(15,16)11-4-2-1-3-10(11)9-5-7-12(17,18)8-6-9;/h1-7H,8,17-18H2;1H2. The molecule has 19 heavy (non-hydrogen) atoms. The van der Waals surface area contributed by atoms with Crippen LogP contribution in [0.2, 0.25) is 0 Å². The van der Waals surface area contributed by atoms with Gasteiger partial charge < -0.3 is 11.5 Å². The lowest BCUT2D eigenvalue weighted by atomic mass is 9.91. The van der Waals surface area contributed by atoms with E-state index in [1.54, 1.807) is 12.1 Å². The van der Waals surface area contributed by atoms with Crippen LogP contribution in [0.3, 0.4) is 0 Å². The Morgan fingerprint density at radius 1 is 1.11 bits per heavy atom. The maximum atomic E-state index is 12.9. The molecule has 1 aromatic rings. The fraction of sp³-hybridized carbons (Fsp3) is 0.231. The Morgan fingerprint density at radius 2 is 1.74 bits per heavy atom. The molecule has 0 saturated heterocycles. The first-order valence-corrected chi connectivity index (χ1v) is 5.43. The highest BCUT2D eigenvalue weighted by Gasteiger charge is 2.33. The van der Waals surface area contributed by atoms with E-state index in [9.17, 15) is 13.2 Å². The maximum absolute atomic E-state index is 12.9. The average Bonchev–Trinajstić information content (AvgIpc) is 2.28. The van der Waals surface area contributed by atoms with E-state index >= 15 is 0 Å². The molecule has 0 aromatic heterocycles. The van der Waals surface area contributed by atoms with Crippen LogP contribution in [0.15, 0.2) is 42.5 Å². The van der Waals surface area contributed by atoms with Crippen LogP contribution in [-0.4, -0.2) is 5.66 Å². The second-order valence-corrected chi connectivity index (χ2v) is 4.35. The van der Waals surface area contributed by atoms with E-state index < -0.39 is 17.4 Å². The molecule has 1 aliphatic carbocycles. The lowest BCUT2D eigenvalue weighted by molar-refractivity contribution is -0.137. The van der Waals surface area contributed by atoms with E-state index in [4.69, 9.17) is 11.5 Å². The predicted molar refractivity (Wildman–Crippen MR) is 74.7 cm³/mol. The van der Waals surface area contributed by atoms with Gasteiger partial charge in [-0.15, -0.1) is 0 Å². The van der Waals surface area contributed by atoms with Crippen LogP contribution in [0, 0.1) is 0 Å². The number of hydrogen-bond acceptors (Lipinski definition) is 2. The monoisotopic (exact) mass is 288 g/mol. The number of hydrogen-bond donors (Lipinski definition) is 2. The van der Waals surface area contributed by atoms with Crippen molar-refractivity contribution in [2.75, 3.05) is 0 Å². The summed E-state index contributed by atoms with van der Waals surface area (Å²) in [5.41, 5.74) is 10.4. The van der Waals surface area contributed by atoms with Crippen LogP contribution in [0.1, 0.15) is 17.5 Å². The van der Waals surface area contributed by atoms with E-state index in [0.29, 0.717) is 12.0 Å². The Balaban J connectivity index is 0.00000180. The van der Waals surface area contributed by atoms with Crippen molar-refractivity contribution in [1.29, 1.82) is 0 Å². The summed E-state index contributed by atoms with van der Waals surface area (Å²) in [4.78, 5) is 0. The van der Waals surface area contributed by atoms with E-state index in [-0.39, 0.29) is 19.1 Å². The van der Waals surface area contributed by atoms with Gasteiger partial charge >= 0.3 is 6.18 Å². The highest BCUT2D eigenvalue weighted by molar-refractivity contribution is 7.59. The fourth-order valence-electron chi connectivity index (χ4n) is 1.85. The molecule has 1 aromatic carbocycles. The molecule has 0 spiro atoms. The van der Waals surface area contributed by atoms with Crippen LogP contribution >= 0.6 is 13.5 Å². The number of benzene rings is 1. The zero-order chi connectivity index (χ0) is 13.4. The minimum Gasteiger partial charge on any atom is -0.310 e. The second-order valence-electron chi connectivity index (χ2n) is 4.35. The molecule has 0 radical (unpaired) electrons. The van der Waals surface area contributed by atoms with Crippen LogP contribution < -0.4 is 11.5 Å². The lowest BCUT2D eigenvalue weighted by Crippen LogP contribution is -2.47. The molecule has 0 unspecified atom stereocenters. The SMILES string of the molecule is NC1(N)C=CC(c2ccccc2C(F)(F)F)=CC1.S. The first-order valence-electron chi connectivity index (χ1n) is 5.43. The third-order valence-corrected chi connectivity index (χ3v) is 2.79. The van der Waals surface area contributed by atoms with Gasteiger partial charge in [0.2, 0.25) is 0 Å². The molecule has 2 nitrogen and oxygen atoms in total. The largest absolute Gasteiger partial charge is 0.417 e. The quantitative estimate of drug-likeness (QED) is 0.781. The summed E-state index contributed by atoms with van der Waals surface area (Å²) < 4.78 is 38.6. The Bertz CT molecular complexity index is 519. The van der Waals surface area contributed by atoms with Crippen LogP contribution in [0.5, 0.6) is 0 Å². The van der Waals surface area contributed by atoms with Crippen molar-refractivity contribution in [3.8, 4) is 0 Å². The van der Waals surface area contributed by atoms with E-state index in [1.165, 1.54) is 24.3 Å². The van der Waals surface area contributed by atoms with Crippen LogP contribution in [0.25, 0.3) is 5.57 Å². The van der Waals surface area contributed by atoms with Gasteiger partial charge in [-0.3, -0.25) is 0 Å². The van der Waals surface area contributed by atoms with E-state index in [1.807, 2.05) is 0 Å². The summed E-state index contributed by atoms with van der Waals surface area (Å²) >= 11 is 0.